The maximum Gasteiger partial charge on any atom is 0.326 e. The van der Waals surface area contributed by atoms with Gasteiger partial charge in [0.2, 0.25) is 0 Å². The number of carboxylic acids is 1. The standard InChI is InChI=1S/C14H26N2O3/c1-5-10-7-6-8-16(9-10)13(19)15-11(12(17)18)14(2,3)4/h10-11H,5-9H2,1-4H3,(H,15,19)(H,17,18). The van der Waals surface area contributed by atoms with E-state index in [0.717, 1.165) is 32.4 Å². The third-order valence-corrected chi connectivity index (χ3v) is 3.76. The molecule has 0 aliphatic carbocycles. The molecule has 0 radical (unpaired) electrons. The zero-order valence-corrected chi connectivity index (χ0v) is 12.4. The van der Waals surface area contributed by atoms with Gasteiger partial charge in [-0.2, -0.15) is 0 Å². The van der Waals surface area contributed by atoms with Crippen LogP contribution in [0.5, 0.6) is 0 Å². The number of amides is 2. The number of hydrogen-bond donors (Lipinski definition) is 2. The molecule has 2 unspecified atom stereocenters. The van der Waals surface area contributed by atoms with Gasteiger partial charge in [0, 0.05) is 13.1 Å². The molecule has 0 aromatic carbocycles. The lowest BCUT2D eigenvalue weighted by atomic mass is 9.87. The third kappa shape index (κ3) is 4.40. The summed E-state index contributed by atoms with van der Waals surface area (Å²) in [6.45, 7) is 9.03. The lowest BCUT2D eigenvalue weighted by Gasteiger charge is -2.35. The molecule has 5 heteroatoms. The van der Waals surface area contributed by atoms with Gasteiger partial charge in [-0.25, -0.2) is 9.59 Å². The highest BCUT2D eigenvalue weighted by atomic mass is 16.4. The Hall–Kier alpha value is -1.26. The molecule has 1 aliphatic heterocycles. The van der Waals surface area contributed by atoms with E-state index in [1.807, 2.05) is 20.8 Å². The summed E-state index contributed by atoms with van der Waals surface area (Å²) in [5, 5.41) is 11.9. The van der Waals surface area contributed by atoms with E-state index in [1.165, 1.54) is 0 Å². The predicted octanol–water partition coefficient (Wildman–Crippen LogP) is 2.32. The lowest BCUT2D eigenvalue weighted by molar-refractivity contribution is -0.142. The number of nitrogens with one attached hydrogen (secondary N) is 1. The number of carbonyl (C=O) groups is 2. The summed E-state index contributed by atoms with van der Waals surface area (Å²) < 4.78 is 0. The van der Waals surface area contributed by atoms with Crippen LogP contribution in [0.2, 0.25) is 0 Å². The Bertz CT molecular complexity index is 336. The first-order chi connectivity index (χ1) is 8.75. The van der Waals surface area contributed by atoms with E-state index in [-0.39, 0.29) is 6.03 Å². The van der Waals surface area contributed by atoms with Crippen LogP contribution in [0.1, 0.15) is 47.0 Å². The molecular formula is C14H26N2O3. The van der Waals surface area contributed by atoms with E-state index in [9.17, 15) is 14.7 Å². The van der Waals surface area contributed by atoms with Crippen molar-refractivity contribution in [3.05, 3.63) is 0 Å². The highest BCUT2D eigenvalue weighted by Gasteiger charge is 2.34. The average molecular weight is 270 g/mol. The van der Waals surface area contributed by atoms with Crippen molar-refractivity contribution < 1.29 is 14.7 Å². The summed E-state index contributed by atoms with van der Waals surface area (Å²) in [6.07, 6.45) is 3.21. The van der Waals surface area contributed by atoms with Gasteiger partial charge in [-0.1, -0.05) is 34.1 Å². The van der Waals surface area contributed by atoms with Crippen LogP contribution < -0.4 is 5.32 Å². The van der Waals surface area contributed by atoms with Gasteiger partial charge in [0.15, 0.2) is 0 Å². The van der Waals surface area contributed by atoms with Crippen LogP contribution in [0.25, 0.3) is 0 Å². The van der Waals surface area contributed by atoms with E-state index in [2.05, 4.69) is 12.2 Å². The molecule has 0 aromatic rings. The van der Waals surface area contributed by atoms with Gasteiger partial charge in [0.05, 0.1) is 0 Å². The second kappa shape index (κ2) is 6.26. The average Bonchev–Trinajstić information content (AvgIpc) is 2.33. The topological polar surface area (TPSA) is 69.6 Å². The van der Waals surface area contributed by atoms with E-state index in [1.54, 1.807) is 4.90 Å². The fourth-order valence-corrected chi connectivity index (χ4v) is 2.45. The molecule has 1 rings (SSSR count). The monoisotopic (exact) mass is 270 g/mol. The molecule has 0 spiro atoms. The molecule has 19 heavy (non-hydrogen) atoms. The van der Waals surface area contributed by atoms with Gasteiger partial charge in [-0.15, -0.1) is 0 Å². The van der Waals surface area contributed by atoms with Gasteiger partial charge >= 0.3 is 12.0 Å². The summed E-state index contributed by atoms with van der Waals surface area (Å²) in [6, 6.07) is -1.11. The molecule has 0 saturated carbocycles. The minimum atomic E-state index is -0.982. The van der Waals surface area contributed by atoms with Gasteiger partial charge in [0.25, 0.3) is 0 Å². The molecule has 1 fully saturated rings. The zero-order chi connectivity index (χ0) is 14.6. The zero-order valence-electron chi connectivity index (χ0n) is 12.4. The summed E-state index contributed by atoms with van der Waals surface area (Å²) in [5.74, 6) is -0.442. The highest BCUT2D eigenvalue weighted by Crippen LogP contribution is 2.22. The molecule has 1 aliphatic rings. The summed E-state index contributed by atoms with van der Waals surface area (Å²) in [4.78, 5) is 25.2. The first kappa shape index (κ1) is 15.8. The molecule has 2 atom stereocenters. The normalized spacial score (nSPS) is 21.9. The Balaban J connectivity index is 2.64. The molecule has 5 nitrogen and oxygen atoms in total. The quantitative estimate of drug-likeness (QED) is 0.827. The number of nitrogens with zero attached hydrogens (tertiary/aromatic N) is 1. The summed E-state index contributed by atoms with van der Waals surface area (Å²) in [7, 11) is 0. The largest absolute Gasteiger partial charge is 0.480 e. The molecule has 1 saturated heterocycles. The smallest absolute Gasteiger partial charge is 0.326 e. The van der Waals surface area contributed by atoms with Gasteiger partial charge in [0.1, 0.15) is 6.04 Å². The lowest BCUT2D eigenvalue weighted by Crippen LogP contribution is -2.54. The van der Waals surface area contributed by atoms with E-state index in [0.29, 0.717) is 5.92 Å². The van der Waals surface area contributed by atoms with Crippen molar-refractivity contribution in [2.45, 2.75) is 53.0 Å². The predicted molar refractivity (Wildman–Crippen MR) is 74.0 cm³/mol. The Morgan fingerprint density at radius 2 is 2.05 bits per heavy atom. The fourth-order valence-electron chi connectivity index (χ4n) is 2.45. The van der Waals surface area contributed by atoms with E-state index < -0.39 is 17.4 Å². The third-order valence-electron chi connectivity index (χ3n) is 3.76. The number of hydrogen-bond acceptors (Lipinski definition) is 2. The maximum absolute atomic E-state index is 12.2. The molecule has 2 N–H and O–H groups in total. The van der Waals surface area contributed by atoms with Crippen LogP contribution in [-0.4, -0.2) is 41.1 Å². The molecule has 1 heterocycles. The second-order valence-corrected chi connectivity index (χ2v) is 6.45. The second-order valence-electron chi connectivity index (χ2n) is 6.45. The molecule has 110 valence electrons. The van der Waals surface area contributed by atoms with Crippen LogP contribution in [-0.2, 0) is 4.79 Å². The van der Waals surface area contributed by atoms with Crippen molar-refractivity contribution in [2.24, 2.45) is 11.3 Å². The van der Waals surface area contributed by atoms with Crippen LogP contribution in [0, 0.1) is 11.3 Å². The van der Waals surface area contributed by atoms with E-state index in [4.69, 9.17) is 0 Å². The molecule has 0 bridgehead atoms. The first-order valence-corrected chi connectivity index (χ1v) is 7.04. The summed E-state index contributed by atoms with van der Waals surface area (Å²) >= 11 is 0. The number of aliphatic carboxylic acids is 1. The minimum absolute atomic E-state index is 0.250. The number of likely N-dealkylation sites (tertiary alicyclic amines) is 1. The molecular weight excluding hydrogens is 244 g/mol. The Morgan fingerprint density at radius 1 is 1.42 bits per heavy atom. The van der Waals surface area contributed by atoms with E-state index >= 15 is 0 Å². The highest BCUT2D eigenvalue weighted by molar-refractivity contribution is 5.83. The number of rotatable bonds is 3. The van der Waals surface area contributed by atoms with Crippen molar-refractivity contribution >= 4 is 12.0 Å². The number of carbonyl (C=O) groups excluding carboxylic acids is 1. The summed E-state index contributed by atoms with van der Waals surface area (Å²) in [5.41, 5.74) is -0.499. The number of carboxylic acid groups (broad SMARTS) is 1. The number of piperidine rings is 1. The van der Waals surface area contributed by atoms with Crippen molar-refractivity contribution in [1.29, 1.82) is 0 Å². The Morgan fingerprint density at radius 3 is 2.53 bits per heavy atom. The fraction of sp³-hybridized carbons (Fsp3) is 0.857. The van der Waals surface area contributed by atoms with Crippen LogP contribution >= 0.6 is 0 Å². The number of urea groups is 1. The first-order valence-electron chi connectivity index (χ1n) is 7.04. The minimum Gasteiger partial charge on any atom is -0.480 e. The van der Waals surface area contributed by atoms with Gasteiger partial charge in [-0.3, -0.25) is 0 Å². The molecule has 0 aromatic heterocycles. The van der Waals surface area contributed by atoms with Gasteiger partial charge in [-0.05, 0) is 24.2 Å². The van der Waals surface area contributed by atoms with Crippen LogP contribution in [0.4, 0.5) is 4.79 Å². The van der Waals surface area contributed by atoms with Crippen molar-refractivity contribution in [3.63, 3.8) is 0 Å². The maximum atomic E-state index is 12.2. The Kier molecular flexibility index (Phi) is 5.20. The SMILES string of the molecule is CCC1CCCN(C(=O)NC(C(=O)O)C(C)(C)C)C1. The van der Waals surface area contributed by atoms with Crippen molar-refractivity contribution in [1.82, 2.24) is 10.2 Å². The van der Waals surface area contributed by atoms with Gasteiger partial charge < -0.3 is 15.3 Å². The van der Waals surface area contributed by atoms with Crippen LogP contribution in [0.15, 0.2) is 0 Å². The Labute approximate surface area is 115 Å². The van der Waals surface area contributed by atoms with Crippen molar-refractivity contribution in [2.75, 3.05) is 13.1 Å². The molecule has 2 amide bonds. The van der Waals surface area contributed by atoms with Crippen molar-refractivity contribution in [3.8, 4) is 0 Å². The van der Waals surface area contributed by atoms with Crippen LogP contribution in [0.3, 0.4) is 0 Å².